The molecule has 7 heteroatoms. The summed E-state index contributed by atoms with van der Waals surface area (Å²) in [5, 5.41) is 0. The summed E-state index contributed by atoms with van der Waals surface area (Å²) in [6.07, 6.45) is -0.214. The molecular weight excluding hydrogens is 324 g/mol. The van der Waals surface area contributed by atoms with E-state index in [2.05, 4.69) is 11.5 Å². The lowest BCUT2D eigenvalue weighted by Gasteiger charge is -2.33. The normalized spacial score (nSPS) is 16.6. The van der Waals surface area contributed by atoms with Gasteiger partial charge in [-0.25, -0.2) is 4.39 Å². The van der Waals surface area contributed by atoms with E-state index < -0.39 is 23.3 Å². The Labute approximate surface area is 137 Å². The highest BCUT2D eigenvalue weighted by molar-refractivity contribution is 6.04. The van der Waals surface area contributed by atoms with Crippen LogP contribution in [0.15, 0.2) is 43.1 Å². The summed E-state index contributed by atoms with van der Waals surface area (Å²) in [6.45, 7) is 7.55. The molecule has 1 aromatic carbocycles. The first-order valence-electron chi connectivity index (χ1n) is 7.48. The van der Waals surface area contributed by atoms with Crippen molar-refractivity contribution >= 4 is 5.78 Å². The van der Waals surface area contributed by atoms with Gasteiger partial charge in [-0.3, -0.25) is 9.69 Å². The van der Waals surface area contributed by atoms with Crippen molar-refractivity contribution in [1.29, 1.82) is 0 Å². The standard InChI is InChI=1S/C17H18F4N2O/c1-2-6-22-8-10-23(11-9-22)7-5-16(24)13-3-4-15(18)14(12-13)17(19,20)21/h2-5,7,12H,1,6,8-11H2. The molecule has 0 bridgehead atoms. The Balaban J connectivity index is 2.01. The summed E-state index contributed by atoms with van der Waals surface area (Å²) in [5.41, 5.74) is -1.62. The largest absolute Gasteiger partial charge is 0.419 e. The smallest absolute Gasteiger partial charge is 0.375 e. The molecule has 3 nitrogen and oxygen atoms in total. The monoisotopic (exact) mass is 342 g/mol. The number of benzene rings is 1. The Bertz CT molecular complexity index is 632. The molecule has 0 N–H and O–H groups in total. The number of carbonyl (C=O) groups excluding carboxylic acids is 1. The number of hydrogen-bond acceptors (Lipinski definition) is 3. The molecule has 0 unspecified atom stereocenters. The summed E-state index contributed by atoms with van der Waals surface area (Å²) in [7, 11) is 0. The molecule has 1 saturated heterocycles. The molecule has 0 atom stereocenters. The van der Waals surface area contributed by atoms with Crippen molar-refractivity contribution in [2.45, 2.75) is 6.18 Å². The minimum Gasteiger partial charge on any atom is -0.375 e. The van der Waals surface area contributed by atoms with E-state index in [1.807, 2.05) is 11.0 Å². The van der Waals surface area contributed by atoms with Crippen molar-refractivity contribution in [3.8, 4) is 0 Å². The number of halogens is 4. The van der Waals surface area contributed by atoms with Gasteiger partial charge in [0.1, 0.15) is 5.82 Å². The number of ketones is 1. The summed E-state index contributed by atoms with van der Waals surface area (Å²) < 4.78 is 51.3. The van der Waals surface area contributed by atoms with Gasteiger partial charge < -0.3 is 4.90 Å². The average Bonchev–Trinajstić information content (AvgIpc) is 2.53. The predicted molar refractivity (Wildman–Crippen MR) is 83.1 cm³/mol. The van der Waals surface area contributed by atoms with Crippen LogP contribution in [0.3, 0.4) is 0 Å². The van der Waals surface area contributed by atoms with Crippen LogP contribution in [0.2, 0.25) is 0 Å². The van der Waals surface area contributed by atoms with Crippen LogP contribution in [0, 0.1) is 5.82 Å². The fourth-order valence-corrected chi connectivity index (χ4v) is 2.44. The van der Waals surface area contributed by atoms with Gasteiger partial charge in [0.05, 0.1) is 5.56 Å². The van der Waals surface area contributed by atoms with E-state index in [4.69, 9.17) is 0 Å². The van der Waals surface area contributed by atoms with Gasteiger partial charge in [-0.1, -0.05) is 6.08 Å². The van der Waals surface area contributed by atoms with Crippen molar-refractivity contribution in [3.63, 3.8) is 0 Å². The van der Waals surface area contributed by atoms with Crippen LogP contribution in [0.5, 0.6) is 0 Å². The SMILES string of the molecule is C=CCN1CCN(C=CC(=O)c2ccc(F)c(C(F)(F)F)c2)CC1. The van der Waals surface area contributed by atoms with Crippen LogP contribution < -0.4 is 0 Å². The highest BCUT2D eigenvalue weighted by atomic mass is 19.4. The molecule has 0 radical (unpaired) electrons. The maximum absolute atomic E-state index is 13.2. The third-order valence-electron chi connectivity index (χ3n) is 3.79. The van der Waals surface area contributed by atoms with Crippen molar-refractivity contribution < 1.29 is 22.4 Å². The zero-order valence-corrected chi connectivity index (χ0v) is 13.0. The van der Waals surface area contributed by atoms with E-state index in [0.717, 1.165) is 38.8 Å². The van der Waals surface area contributed by atoms with Crippen molar-refractivity contribution in [2.24, 2.45) is 0 Å². The third kappa shape index (κ3) is 4.67. The van der Waals surface area contributed by atoms with Crippen molar-refractivity contribution in [2.75, 3.05) is 32.7 Å². The van der Waals surface area contributed by atoms with E-state index in [-0.39, 0.29) is 5.56 Å². The molecule has 1 fully saturated rings. The molecular formula is C17H18F4N2O. The van der Waals surface area contributed by atoms with Crippen LogP contribution >= 0.6 is 0 Å². The number of rotatable bonds is 5. The minimum atomic E-state index is -4.83. The van der Waals surface area contributed by atoms with Crippen LogP contribution in [-0.2, 0) is 6.18 Å². The second kappa shape index (κ2) is 7.61. The number of allylic oxidation sites excluding steroid dienone is 1. The van der Waals surface area contributed by atoms with Gasteiger partial charge in [-0.15, -0.1) is 6.58 Å². The van der Waals surface area contributed by atoms with Gasteiger partial charge in [0.15, 0.2) is 5.78 Å². The van der Waals surface area contributed by atoms with Crippen molar-refractivity contribution in [1.82, 2.24) is 9.80 Å². The zero-order chi connectivity index (χ0) is 17.7. The first-order valence-corrected chi connectivity index (χ1v) is 7.48. The van der Waals surface area contributed by atoms with Crippen LogP contribution in [-0.4, -0.2) is 48.3 Å². The van der Waals surface area contributed by atoms with Gasteiger partial charge >= 0.3 is 6.18 Å². The van der Waals surface area contributed by atoms with Gasteiger partial charge in [-0.05, 0) is 18.2 Å². The Kier molecular flexibility index (Phi) is 5.77. The fraction of sp³-hybridized carbons (Fsp3) is 0.353. The Morgan fingerprint density at radius 2 is 1.88 bits per heavy atom. The molecule has 0 aromatic heterocycles. The summed E-state index contributed by atoms with van der Waals surface area (Å²) in [5.74, 6) is -1.98. The molecule has 0 aliphatic carbocycles. The zero-order valence-electron chi connectivity index (χ0n) is 13.0. The Morgan fingerprint density at radius 1 is 1.21 bits per heavy atom. The second-order valence-electron chi connectivity index (χ2n) is 5.50. The molecule has 0 saturated carbocycles. The summed E-state index contributed by atoms with van der Waals surface area (Å²) >= 11 is 0. The maximum Gasteiger partial charge on any atom is 0.419 e. The number of carbonyl (C=O) groups is 1. The average molecular weight is 342 g/mol. The summed E-state index contributed by atoms with van der Waals surface area (Å²) in [6, 6.07) is 2.27. The number of nitrogens with zero attached hydrogens (tertiary/aromatic N) is 2. The number of hydrogen-bond donors (Lipinski definition) is 0. The number of piperazine rings is 1. The van der Waals surface area contributed by atoms with Gasteiger partial charge in [-0.2, -0.15) is 13.2 Å². The quantitative estimate of drug-likeness (QED) is 0.355. The minimum absolute atomic E-state index is 0.190. The van der Waals surface area contributed by atoms with E-state index in [1.54, 1.807) is 6.20 Å². The lowest BCUT2D eigenvalue weighted by atomic mass is 10.1. The molecule has 1 aliphatic rings. The van der Waals surface area contributed by atoms with Gasteiger partial charge in [0, 0.05) is 50.6 Å². The molecule has 0 spiro atoms. The van der Waals surface area contributed by atoms with Crippen molar-refractivity contribution in [3.05, 3.63) is 60.1 Å². The first kappa shape index (κ1) is 18.2. The van der Waals surface area contributed by atoms with Gasteiger partial charge in [0.2, 0.25) is 0 Å². The molecule has 1 heterocycles. The molecule has 130 valence electrons. The van der Waals surface area contributed by atoms with Crippen LogP contribution in [0.25, 0.3) is 0 Å². The second-order valence-corrected chi connectivity index (χ2v) is 5.50. The lowest BCUT2D eigenvalue weighted by Crippen LogP contribution is -2.43. The molecule has 24 heavy (non-hydrogen) atoms. The van der Waals surface area contributed by atoms with Gasteiger partial charge in [0.25, 0.3) is 0 Å². The summed E-state index contributed by atoms with van der Waals surface area (Å²) in [4.78, 5) is 16.1. The predicted octanol–water partition coefficient (Wildman–Crippen LogP) is 3.34. The third-order valence-corrected chi connectivity index (χ3v) is 3.79. The molecule has 1 aromatic rings. The highest BCUT2D eigenvalue weighted by Gasteiger charge is 2.34. The molecule has 1 aliphatic heterocycles. The fourth-order valence-electron chi connectivity index (χ4n) is 2.44. The Hall–Kier alpha value is -2.15. The lowest BCUT2D eigenvalue weighted by molar-refractivity contribution is -0.140. The van der Waals surface area contributed by atoms with Crippen LogP contribution in [0.4, 0.5) is 17.6 Å². The number of alkyl halides is 3. The van der Waals surface area contributed by atoms with E-state index >= 15 is 0 Å². The van der Waals surface area contributed by atoms with Crippen LogP contribution in [0.1, 0.15) is 15.9 Å². The molecule has 0 amide bonds. The van der Waals surface area contributed by atoms with E-state index in [9.17, 15) is 22.4 Å². The van der Waals surface area contributed by atoms with E-state index in [0.29, 0.717) is 12.1 Å². The topological polar surface area (TPSA) is 23.6 Å². The molecule has 2 rings (SSSR count). The van der Waals surface area contributed by atoms with E-state index in [1.165, 1.54) is 6.08 Å². The maximum atomic E-state index is 13.2. The Morgan fingerprint density at radius 3 is 2.46 bits per heavy atom. The first-order chi connectivity index (χ1) is 11.3. The highest BCUT2D eigenvalue weighted by Crippen LogP contribution is 2.32.